The summed E-state index contributed by atoms with van der Waals surface area (Å²) in [5.41, 5.74) is 4.12. The summed E-state index contributed by atoms with van der Waals surface area (Å²) in [6, 6.07) is 19.7. The molecule has 0 saturated carbocycles. The number of rotatable bonds is 4. The van der Waals surface area contributed by atoms with Gasteiger partial charge in [0.1, 0.15) is 0 Å². The first kappa shape index (κ1) is 19.5. The van der Waals surface area contributed by atoms with Gasteiger partial charge in [-0.25, -0.2) is 0 Å². The lowest BCUT2D eigenvalue weighted by Gasteiger charge is -2.35. The number of hydrogen-bond donors (Lipinski definition) is 1. The van der Waals surface area contributed by atoms with Crippen molar-refractivity contribution in [3.63, 3.8) is 0 Å². The quantitative estimate of drug-likeness (QED) is 0.475. The summed E-state index contributed by atoms with van der Waals surface area (Å²) < 4.78 is 1.03. The minimum absolute atomic E-state index is 0.430. The van der Waals surface area contributed by atoms with E-state index in [9.17, 15) is 9.59 Å². The van der Waals surface area contributed by atoms with E-state index in [1.807, 2.05) is 49.4 Å². The largest absolute Gasteiger partial charge is 0.368 e. The highest BCUT2D eigenvalue weighted by atomic mass is 79.9. The van der Waals surface area contributed by atoms with Gasteiger partial charge in [-0.1, -0.05) is 52.3 Å². The van der Waals surface area contributed by atoms with Gasteiger partial charge in [-0.15, -0.1) is 0 Å². The number of hydrogen-bond acceptors (Lipinski definition) is 3. The Kier molecular flexibility index (Phi) is 5.53. The Labute approximate surface area is 178 Å². The fraction of sp³-hybridized carbons (Fsp3) is 0.217. The highest BCUT2D eigenvalue weighted by molar-refractivity contribution is 9.10. The van der Waals surface area contributed by atoms with Crippen molar-refractivity contribution in [2.75, 3.05) is 31.1 Å². The van der Waals surface area contributed by atoms with E-state index in [0.717, 1.165) is 27.1 Å². The van der Waals surface area contributed by atoms with Crippen molar-refractivity contribution in [1.82, 2.24) is 9.88 Å². The number of nitrogens with one attached hydrogen (secondary N) is 1. The number of H-pyrrole nitrogens is 1. The van der Waals surface area contributed by atoms with Gasteiger partial charge in [0.15, 0.2) is 0 Å². The Morgan fingerprint density at radius 2 is 1.66 bits per heavy atom. The molecule has 2 aromatic carbocycles. The number of amides is 1. The van der Waals surface area contributed by atoms with Crippen LogP contribution in [-0.2, 0) is 4.79 Å². The second kappa shape index (κ2) is 8.25. The zero-order chi connectivity index (χ0) is 20.4. The third kappa shape index (κ3) is 4.12. The number of halogens is 1. The number of nitrogens with zero attached hydrogens (tertiary/aromatic N) is 2. The van der Waals surface area contributed by atoms with Gasteiger partial charge in [-0.05, 0) is 36.8 Å². The minimum Gasteiger partial charge on any atom is -0.368 e. The van der Waals surface area contributed by atoms with Gasteiger partial charge in [0, 0.05) is 53.3 Å². The van der Waals surface area contributed by atoms with E-state index in [0.29, 0.717) is 31.7 Å². The lowest BCUT2D eigenvalue weighted by Crippen LogP contribution is -2.50. The molecule has 29 heavy (non-hydrogen) atoms. The standard InChI is InChI=1S/C23H22BrN3O2/c1-16-20(15-21(25-16)17-6-3-2-4-7-17)22(28)23(29)27-12-10-26(11-13-27)19-9-5-8-18(24)14-19/h2-9,14-15,25H,10-13H2,1H3. The summed E-state index contributed by atoms with van der Waals surface area (Å²) in [7, 11) is 0. The number of ketones is 1. The normalized spacial score (nSPS) is 14.1. The van der Waals surface area contributed by atoms with Crippen molar-refractivity contribution in [2.45, 2.75) is 6.92 Å². The average molecular weight is 452 g/mol. The fourth-order valence-electron chi connectivity index (χ4n) is 3.67. The number of Topliss-reactive ketones (excluding diaryl/α,β-unsaturated/α-hetero) is 1. The van der Waals surface area contributed by atoms with Crippen LogP contribution in [0, 0.1) is 6.92 Å². The van der Waals surface area contributed by atoms with E-state index in [4.69, 9.17) is 0 Å². The Hall–Kier alpha value is -2.86. The zero-order valence-corrected chi connectivity index (χ0v) is 17.8. The first-order valence-corrected chi connectivity index (χ1v) is 10.4. The lowest BCUT2D eigenvalue weighted by atomic mass is 10.1. The molecule has 0 atom stereocenters. The van der Waals surface area contributed by atoms with Gasteiger partial charge >= 0.3 is 0 Å². The van der Waals surface area contributed by atoms with Crippen LogP contribution < -0.4 is 4.90 Å². The van der Waals surface area contributed by atoms with Crippen LogP contribution in [0.2, 0.25) is 0 Å². The van der Waals surface area contributed by atoms with Gasteiger partial charge < -0.3 is 14.8 Å². The Morgan fingerprint density at radius 1 is 0.931 bits per heavy atom. The van der Waals surface area contributed by atoms with E-state index >= 15 is 0 Å². The minimum atomic E-state index is -0.447. The molecule has 1 aromatic heterocycles. The maximum atomic E-state index is 12.9. The average Bonchev–Trinajstić information content (AvgIpc) is 3.15. The molecule has 1 amide bonds. The monoisotopic (exact) mass is 451 g/mol. The second-order valence-corrected chi connectivity index (χ2v) is 8.09. The molecule has 3 aromatic rings. The molecule has 1 aliphatic heterocycles. The molecule has 0 radical (unpaired) electrons. The van der Waals surface area contributed by atoms with Crippen LogP contribution in [0.25, 0.3) is 11.3 Å². The van der Waals surface area contributed by atoms with Crippen molar-refractivity contribution in [3.05, 3.63) is 76.4 Å². The number of carbonyl (C=O) groups is 2. The fourth-order valence-corrected chi connectivity index (χ4v) is 4.05. The molecule has 1 fully saturated rings. The number of aryl methyl sites for hydroxylation is 1. The van der Waals surface area contributed by atoms with Crippen LogP contribution in [0.3, 0.4) is 0 Å². The van der Waals surface area contributed by atoms with Crippen molar-refractivity contribution in [1.29, 1.82) is 0 Å². The maximum absolute atomic E-state index is 12.9. The number of anilines is 1. The van der Waals surface area contributed by atoms with Crippen molar-refractivity contribution < 1.29 is 9.59 Å². The summed E-state index contributed by atoms with van der Waals surface area (Å²) in [5, 5.41) is 0. The molecule has 0 aliphatic carbocycles. The molecule has 0 spiro atoms. The molecule has 1 aliphatic rings. The Morgan fingerprint density at radius 3 is 2.34 bits per heavy atom. The van der Waals surface area contributed by atoms with Gasteiger partial charge in [0.25, 0.3) is 11.7 Å². The lowest BCUT2D eigenvalue weighted by molar-refractivity contribution is -0.126. The van der Waals surface area contributed by atoms with Gasteiger partial charge in [0.05, 0.1) is 0 Å². The van der Waals surface area contributed by atoms with Gasteiger partial charge in [-0.3, -0.25) is 9.59 Å². The molecule has 6 heteroatoms. The second-order valence-electron chi connectivity index (χ2n) is 7.18. The highest BCUT2D eigenvalue weighted by Gasteiger charge is 2.28. The highest BCUT2D eigenvalue weighted by Crippen LogP contribution is 2.24. The first-order chi connectivity index (χ1) is 14.0. The molecular formula is C23H22BrN3O2. The first-order valence-electron chi connectivity index (χ1n) is 9.62. The van der Waals surface area contributed by atoms with Crippen LogP contribution in [0.5, 0.6) is 0 Å². The van der Waals surface area contributed by atoms with Crippen molar-refractivity contribution in [3.8, 4) is 11.3 Å². The predicted octanol–water partition coefficient (Wildman–Crippen LogP) is 4.28. The molecule has 2 heterocycles. The van der Waals surface area contributed by atoms with Crippen molar-refractivity contribution in [2.24, 2.45) is 0 Å². The number of piperazine rings is 1. The van der Waals surface area contributed by atoms with Gasteiger partial charge in [0.2, 0.25) is 0 Å². The summed E-state index contributed by atoms with van der Waals surface area (Å²) in [4.78, 5) is 32.8. The van der Waals surface area contributed by atoms with E-state index in [-0.39, 0.29) is 0 Å². The van der Waals surface area contributed by atoms with E-state index in [1.54, 1.807) is 11.0 Å². The van der Waals surface area contributed by atoms with E-state index in [2.05, 4.69) is 37.9 Å². The molecule has 0 unspecified atom stereocenters. The maximum Gasteiger partial charge on any atom is 0.295 e. The summed E-state index contributed by atoms with van der Waals surface area (Å²) in [6.07, 6.45) is 0. The van der Waals surface area contributed by atoms with Crippen LogP contribution in [0.1, 0.15) is 16.1 Å². The van der Waals surface area contributed by atoms with Gasteiger partial charge in [-0.2, -0.15) is 0 Å². The van der Waals surface area contributed by atoms with E-state index in [1.165, 1.54) is 0 Å². The van der Waals surface area contributed by atoms with Crippen molar-refractivity contribution >= 4 is 33.3 Å². The molecular weight excluding hydrogens is 430 g/mol. The summed E-state index contributed by atoms with van der Waals surface area (Å²) in [5.74, 6) is -0.877. The summed E-state index contributed by atoms with van der Waals surface area (Å²) >= 11 is 3.50. The number of carbonyl (C=O) groups excluding carboxylic acids is 2. The molecule has 5 nitrogen and oxygen atoms in total. The van der Waals surface area contributed by atoms with Crippen LogP contribution >= 0.6 is 15.9 Å². The number of benzene rings is 2. The Balaban J connectivity index is 1.44. The number of aromatic nitrogens is 1. The summed E-state index contributed by atoms with van der Waals surface area (Å²) in [6.45, 7) is 4.31. The Bertz CT molecular complexity index is 1040. The zero-order valence-electron chi connectivity index (χ0n) is 16.2. The third-order valence-corrected chi connectivity index (χ3v) is 5.77. The van der Waals surface area contributed by atoms with E-state index < -0.39 is 11.7 Å². The third-order valence-electron chi connectivity index (χ3n) is 5.28. The molecule has 148 valence electrons. The van der Waals surface area contributed by atoms with Crippen LogP contribution in [-0.4, -0.2) is 47.8 Å². The molecule has 1 saturated heterocycles. The number of aromatic amines is 1. The SMILES string of the molecule is Cc1[nH]c(-c2ccccc2)cc1C(=O)C(=O)N1CCN(c2cccc(Br)c2)CC1. The topological polar surface area (TPSA) is 56.4 Å². The van der Waals surface area contributed by atoms with Crippen LogP contribution in [0.4, 0.5) is 5.69 Å². The molecule has 4 rings (SSSR count). The smallest absolute Gasteiger partial charge is 0.295 e. The molecule has 0 bridgehead atoms. The predicted molar refractivity (Wildman–Crippen MR) is 118 cm³/mol. The van der Waals surface area contributed by atoms with Crippen LogP contribution in [0.15, 0.2) is 65.1 Å². The molecule has 1 N–H and O–H groups in total.